The lowest BCUT2D eigenvalue weighted by Crippen LogP contribution is -2.21. The Balaban J connectivity index is 0.000000148. The zero-order valence-corrected chi connectivity index (χ0v) is 78.4. The molecule has 18 aromatic rings. The highest BCUT2D eigenvalue weighted by Crippen LogP contribution is 2.44. The topological polar surface area (TPSA) is 325 Å². The van der Waals surface area contributed by atoms with Gasteiger partial charge in [-0.05, 0) is 244 Å². The van der Waals surface area contributed by atoms with E-state index in [0.717, 1.165) is 48.5 Å². The molecule has 0 unspecified atom stereocenters. The summed E-state index contributed by atoms with van der Waals surface area (Å²) in [6, 6.07) is 45.8. The van der Waals surface area contributed by atoms with Gasteiger partial charge in [-0.2, -0.15) is 74.4 Å². The number of rotatable bonds is 23. The number of anilines is 1. The molecule has 0 aliphatic carbocycles. The normalized spacial score (nSPS) is 11.5. The van der Waals surface area contributed by atoms with E-state index < -0.39 is 133 Å². The van der Waals surface area contributed by atoms with Crippen LogP contribution in [0.2, 0.25) is 0 Å². The summed E-state index contributed by atoms with van der Waals surface area (Å²) in [5, 5.41) is 10.5. The van der Waals surface area contributed by atoms with Crippen LogP contribution in [0.1, 0.15) is 98.7 Å². The molecule has 0 bridgehead atoms. The van der Waals surface area contributed by atoms with Crippen LogP contribution in [0.4, 0.5) is 75.9 Å². The monoisotopic (exact) mass is 2040 g/mol. The number of primary amides is 1. The second-order valence-corrected chi connectivity index (χ2v) is 33.8. The van der Waals surface area contributed by atoms with Gasteiger partial charge in [0.05, 0.1) is 143 Å². The van der Waals surface area contributed by atoms with Gasteiger partial charge in [-0.1, -0.05) is 30.3 Å². The van der Waals surface area contributed by atoms with E-state index in [9.17, 15) is 104 Å². The van der Waals surface area contributed by atoms with Crippen LogP contribution in [0.5, 0.6) is 46.1 Å². The van der Waals surface area contributed by atoms with Crippen molar-refractivity contribution in [2.24, 2.45) is 5.73 Å². The first-order valence-electron chi connectivity index (χ1n) is 44.1. The molecule has 756 valence electrons. The number of ether oxygens (including phenoxy) is 4. The molecule has 43 heteroatoms. The molecule has 27 nitrogen and oxygen atoms in total. The van der Waals surface area contributed by atoms with E-state index in [1.54, 1.807) is 102 Å². The first kappa shape index (κ1) is 104. The number of halogens is 16. The van der Waals surface area contributed by atoms with E-state index in [-0.39, 0.29) is 128 Å². The van der Waals surface area contributed by atoms with Crippen molar-refractivity contribution in [3.05, 3.63) is 428 Å². The van der Waals surface area contributed by atoms with Gasteiger partial charge in [0.1, 0.15) is 92.1 Å². The third-order valence-corrected chi connectivity index (χ3v) is 22.6. The van der Waals surface area contributed by atoms with E-state index in [2.05, 4.69) is 45.4 Å². The molecule has 0 aliphatic rings. The van der Waals surface area contributed by atoms with Crippen molar-refractivity contribution >= 4 is 67.0 Å². The fraction of sp³-hybridized carbons (Fsp3) is 0.152. The Bertz CT molecular complexity index is 8400. The Hall–Kier alpha value is -18.1. The van der Waals surface area contributed by atoms with Gasteiger partial charge < -0.3 is 53.2 Å². The summed E-state index contributed by atoms with van der Waals surface area (Å²) in [6.45, 7) is 7.45. The van der Waals surface area contributed by atoms with E-state index in [4.69, 9.17) is 24.7 Å². The van der Waals surface area contributed by atoms with E-state index in [0.29, 0.717) is 56.0 Å². The van der Waals surface area contributed by atoms with Gasteiger partial charge in [-0.3, -0.25) is 38.5 Å². The Morgan fingerprint density at radius 2 is 0.811 bits per heavy atom. The number of nitrogens with two attached hydrogens (primary N) is 1. The molecule has 148 heavy (non-hydrogen) atoms. The van der Waals surface area contributed by atoms with Crippen LogP contribution < -0.4 is 52.2 Å². The number of carbonyl (C=O) groups excluding carboxylic acids is 3. The Morgan fingerprint density at radius 1 is 0.385 bits per heavy atom. The molecule has 11 aromatic carbocycles. The second-order valence-electron chi connectivity index (χ2n) is 33.8. The Labute approximate surface area is 826 Å². The summed E-state index contributed by atoms with van der Waals surface area (Å²) in [6.07, 6.45) is -4.57. The van der Waals surface area contributed by atoms with Gasteiger partial charge in [0.25, 0.3) is 34.1 Å². The minimum Gasteiger partial charge on any atom is -0.457 e. The van der Waals surface area contributed by atoms with Crippen molar-refractivity contribution in [3.63, 3.8) is 0 Å². The Morgan fingerprint density at radius 3 is 1.25 bits per heavy atom. The lowest BCUT2D eigenvalue weighted by atomic mass is 10.0. The minimum absolute atomic E-state index is 0.00781. The highest BCUT2D eigenvalue weighted by atomic mass is 19.4. The highest BCUT2D eigenvalue weighted by Gasteiger charge is 2.41. The molecular formula is C105H78F16N16O11. The highest BCUT2D eigenvalue weighted by molar-refractivity contribution is 6.06. The fourth-order valence-electron chi connectivity index (χ4n) is 15.5. The van der Waals surface area contributed by atoms with E-state index in [1.165, 1.54) is 188 Å². The predicted molar refractivity (Wildman–Crippen MR) is 511 cm³/mol. The number of carbonyl (C=O) groups is 3. The number of hydrogen-bond donors (Lipinski definition) is 2. The van der Waals surface area contributed by atoms with Crippen LogP contribution in [-0.4, -0.2) is 99.9 Å². The second kappa shape index (κ2) is 43.6. The fourth-order valence-corrected chi connectivity index (χ4v) is 15.5. The number of pyridine rings is 2. The van der Waals surface area contributed by atoms with Crippen LogP contribution in [0.15, 0.2) is 276 Å². The van der Waals surface area contributed by atoms with Gasteiger partial charge in [-0.15, -0.1) is 0 Å². The van der Waals surface area contributed by atoms with Crippen molar-refractivity contribution in [2.75, 3.05) is 19.4 Å². The van der Waals surface area contributed by atoms with Crippen molar-refractivity contribution in [2.45, 2.75) is 92.3 Å². The van der Waals surface area contributed by atoms with Gasteiger partial charge in [0, 0.05) is 54.3 Å². The SMILES string of the molecule is Cc1cc(F)c(Cn2cnc(=O)c3cc(Oc4ccc(CC(N)=O)cc4C(F)(F)F)ccc32)c(F)c1.Cc1cc(F)c(Cn2cnc(=O)c3cc(Oc4cccc(C(=O)N(C)C)c4)ccc32)c(F)c1.Cc1cc(F)c(Cn2cnc(=O)c3cc(Oc4cccc(C(=O)Nc5cccnc5C)c4C(F)(F)F)ccc32)c(F)c1.Cc1ccc(Cn2cnc(=O)c3cc(Oc4ncc(Cn5nccn5)cc4C(F)(F)F)ccc32)c(F)c1. The van der Waals surface area contributed by atoms with Crippen LogP contribution in [-0.2, 0) is 62.5 Å². The van der Waals surface area contributed by atoms with Gasteiger partial charge in [-0.25, -0.2) is 35.7 Å². The van der Waals surface area contributed by atoms with Crippen LogP contribution in [0.3, 0.4) is 0 Å². The predicted octanol–water partition coefficient (Wildman–Crippen LogP) is 20.9. The number of fused-ring (bicyclic) bond motifs is 4. The van der Waals surface area contributed by atoms with Crippen molar-refractivity contribution in [3.8, 4) is 46.1 Å². The molecule has 0 spiro atoms. The summed E-state index contributed by atoms with van der Waals surface area (Å²) >= 11 is 0. The number of benzene rings is 11. The summed E-state index contributed by atoms with van der Waals surface area (Å²) in [4.78, 5) is 112. The largest absolute Gasteiger partial charge is 0.457 e. The molecule has 18 rings (SSSR count). The smallest absolute Gasteiger partial charge is 0.421 e. The number of nitrogens with zero attached hydrogens (tertiary/aromatic N) is 14. The van der Waals surface area contributed by atoms with Crippen LogP contribution in [0, 0.1) is 75.3 Å². The number of nitrogens with one attached hydrogen (secondary N) is 1. The molecule has 0 atom stereocenters. The van der Waals surface area contributed by atoms with Gasteiger partial charge in [0.2, 0.25) is 11.8 Å². The lowest BCUT2D eigenvalue weighted by molar-refractivity contribution is -0.139. The molecule has 3 amide bonds. The number of aryl methyl sites for hydroxylation is 5. The van der Waals surface area contributed by atoms with Crippen LogP contribution in [0.25, 0.3) is 43.6 Å². The summed E-state index contributed by atoms with van der Waals surface area (Å²) < 4.78 is 254. The summed E-state index contributed by atoms with van der Waals surface area (Å²) in [5.74, 6) is -8.18. The molecule has 0 saturated carbocycles. The average molecular weight is 2040 g/mol. The van der Waals surface area contributed by atoms with E-state index >= 15 is 0 Å². The van der Waals surface area contributed by atoms with Crippen molar-refractivity contribution < 1.29 is 104 Å². The molecule has 0 aliphatic heterocycles. The van der Waals surface area contributed by atoms with Crippen molar-refractivity contribution in [1.82, 2.24) is 68.1 Å². The Kier molecular flexibility index (Phi) is 30.7. The summed E-state index contributed by atoms with van der Waals surface area (Å²) in [7, 11) is 3.32. The minimum atomic E-state index is -4.99. The lowest BCUT2D eigenvalue weighted by Gasteiger charge is -2.18. The molecule has 0 saturated heterocycles. The molecule has 0 radical (unpaired) electrons. The third kappa shape index (κ3) is 24.7. The van der Waals surface area contributed by atoms with Crippen molar-refractivity contribution in [1.29, 1.82) is 0 Å². The van der Waals surface area contributed by atoms with E-state index in [1.807, 2.05) is 0 Å². The molecular weight excluding hydrogens is 1970 g/mol. The maximum absolute atomic E-state index is 14.5. The summed E-state index contributed by atoms with van der Waals surface area (Å²) in [5.41, 5.74) is 2.88. The van der Waals surface area contributed by atoms with Gasteiger partial charge in [0.15, 0.2) is 0 Å². The zero-order chi connectivity index (χ0) is 106. The molecule has 3 N–H and O–H groups in total. The average Bonchev–Trinajstić information content (AvgIpc) is 1.28. The standard InChI is InChI=1S/C30H21F5N4O3.C25H18F5N3O3.C25H18F4N6O2.C25H21F2N3O3/c1-16-11-22(31)21(23(32)12-16)14-39-15-37-28(40)20-13-18(8-9-25(20)39)42-26-7-3-5-19(27(26)30(33,34)35)29(41)38-24-6-4-10-36-17(24)2;1-13-6-19(26)17(20(27)7-13)11-33-12-32-24(35)16-10-15(3-4-21(16)33)36-22-5-2-14(9-23(31)34)8-18(22)25(28,29)30;1-15-2-3-17(21(26)8-15)13-34-14-31-23(36)19-10-18(4-5-22(19)34)37-24-20(25(27,28)29)9-16(11-30-24)12-35-32-6-7-33-35;1-15-9-21(26)20(22(27)10-15)13-30-14-28-24(31)19-12-18(7-8-23(19)30)33-17-6-4-5-16(11-17)25(32)29(2)3/h3-13,15H,14H2,1-2H3,(H,38,41);2-8,10,12H,9,11H2,1H3,(H2,31,34);2-11,14H,12-13H2,1H3;4-12,14H,13H2,1-3H3. The van der Waals surface area contributed by atoms with Gasteiger partial charge >= 0.3 is 18.5 Å². The zero-order valence-electron chi connectivity index (χ0n) is 78.4. The first-order chi connectivity index (χ1) is 70.2. The molecule has 0 fully saturated rings. The molecule has 7 aromatic heterocycles. The number of hydrogen-bond acceptors (Lipinski definition) is 19. The van der Waals surface area contributed by atoms with Crippen LogP contribution >= 0.6 is 0 Å². The maximum Gasteiger partial charge on any atom is 0.421 e. The number of alkyl halides is 9. The first-order valence-corrected chi connectivity index (χ1v) is 44.1. The molecule has 7 heterocycles. The third-order valence-electron chi connectivity index (χ3n) is 22.6. The maximum atomic E-state index is 14.5. The quantitative estimate of drug-likeness (QED) is 0.0562. The number of amides is 3. The number of aromatic nitrogens is 13.